The maximum absolute atomic E-state index is 11.2. The summed E-state index contributed by atoms with van der Waals surface area (Å²) in [5.41, 5.74) is 0. The first-order valence-electron chi connectivity index (χ1n) is 11.3. The third kappa shape index (κ3) is 10.1. The Hall–Kier alpha value is -1.39. The minimum Gasteiger partial charge on any atom is -0.487 e. The van der Waals surface area contributed by atoms with Crippen LogP contribution in [0.1, 0.15) is 77.6 Å². The summed E-state index contributed by atoms with van der Waals surface area (Å²) in [6.45, 7) is 2.12. The topological polar surface area (TPSA) is 76.0 Å². The lowest BCUT2D eigenvalue weighted by Gasteiger charge is -2.20. The molecule has 0 heterocycles. The highest BCUT2D eigenvalue weighted by molar-refractivity contribution is 7.46. The molecule has 0 fully saturated rings. The van der Waals surface area contributed by atoms with Crippen molar-refractivity contribution in [2.45, 2.75) is 83.7 Å². The zero-order chi connectivity index (χ0) is 21.7. The summed E-state index contributed by atoms with van der Waals surface area (Å²) < 4.78 is 22.1. The van der Waals surface area contributed by atoms with Crippen molar-refractivity contribution in [3.05, 3.63) is 42.5 Å². The zero-order valence-electron chi connectivity index (χ0n) is 18.2. The van der Waals surface area contributed by atoms with Crippen LogP contribution in [0.2, 0.25) is 0 Å². The van der Waals surface area contributed by atoms with Gasteiger partial charge in [-0.15, -0.1) is 0 Å². The molecule has 2 rings (SSSR count). The van der Waals surface area contributed by atoms with Gasteiger partial charge in [0.2, 0.25) is 0 Å². The Bertz CT molecular complexity index is 768. The van der Waals surface area contributed by atoms with Crippen LogP contribution in [0.3, 0.4) is 0 Å². The van der Waals surface area contributed by atoms with Crippen molar-refractivity contribution in [1.82, 2.24) is 0 Å². The van der Waals surface area contributed by atoms with Gasteiger partial charge in [0.15, 0.2) is 0 Å². The molecule has 0 spiro atoms. The fourth-order valence-corrected chi connectivity index (χ4v) is 4.05. The second-order valence-corrected chi connectivity index (χ2v) is 9.21. The lowest BCUT2D eigenvalue weighted by molar-refractivity contribution is 0.0952. The molecule has 0 saturated heterocycles. The molecule has 0 amide bonds. The van der Waals surface area contributed by atoms with E-state index in [1.54, 1.807) is 0 Å². The van der Waals surface area contributed by atoms with Crippen LogP contribution in [0.5, 0.6) is 5.75 Å². The Morgan fingerprint density at radius 3 is 2.10 bits per heavy atom. The molecule has 0 saturated carbocycles. The lowest BCUT2D eigenvalue weighted by Crippen LogP contribution is -2.22. The number of hydrogen-bond acceptors (Lipinski definition) is 3. The van der Waals surface area contributed by atoms with Gasteiger partial charge in [-0.25, -0.2) is 4.57 Å². The summed E-state index contributed by atoms with van der Waals surface area (Å²) in [4.78, 5) is 18.2. The van der Waals surface area contributed by atoms with Gasteiger partial charge in [0.1, 0.15) is 11.9 Å². The van der Waals surface area contributed by atoms with Crippen molar-refractivity contribution in [3.8, 4) is 5.75 Å². The molecule has 0 aliphatic rings. The number of benzene rings is 2. The first kappa shape index (κ1) is 24.9. The molecule has 2 aromatic carbocycles. The number of phosphoric acid groups is 1. The lowest BCUT2D eigenvalue weighted by atomic mass is 10.0. The van der Waals surface area contributed by atoms with Crippen molar-refractivity contribution in [1.29, 1.82) is 0 Å². The molecule has 0 aliphatic heterocycles. The number of fused-ring (bicyclic) bond motifs is 1. The van der Waals surface area contributed by atoms with Crippen molar-refractivity contribution in [2.75, 3.05) is 6.61 Å². The number of hydrogen-bond donors (Lipinski definition) is 2. The summed E-state index contributed by atoms with van der Waals surface area (Å²) in [7, 11) is -4.52. The Kier molecular flexibility index (Phi) is 11.5. The Morgan fingerprint density at radius 2 is 1.43 bits per heavy atom. The molecule has 5 nitrogen and oxygen atoms in total. The zero-order valence-corrected chi connectivity index (χ0v) is 19.1. The van der Waals surface area contributed by atoms with E-state index in [0.29, 0.717) is 6.42 Å². The maximum atomic E-state index is 11.2. The molecule has 2 aromatic rings. The summed E-state index contributed by atoms with van der Waals surface area (Å²) in [5.74, 6) is 0.722. The van der Waals surface area contributed by atoms with Gasteiger partial charge in [0.05, 0.1) is 6.61 Å². The molecule has 2 N–H and O–H groups in total. The van der Waals surface area contributed by atoms with Crippen LogP contribution < -0.4 is 4.74 Å². The first-order valence-corrected chi connectivity index (χ1v) is 12.9. The summed E-state index contributed by atoms with van der Waals surface area (Å²) in [6, 6.07) is 13.8. The SMILES string of the molecule is CCCCCCCCCCCCC(COP(=O)(O)O)Oc1cccc2ccccc12. The molecule has 0 radical (unpaired) electrons. The normalized spacial score (nSPS) is 12.9. The predicted molar refractivity (Wildman–Crippen MR) is 123 cm³/mol. The van der Waals surface area contributed by atoms with Crippen LogP contribution in [-0.2, 0) is 9.09 Å². The van der Waals surface area contributed by atoms with E-state index < -0.39 is 13.9 Å². The highest BCUT2D eigenvalue weighted by atomic mass is 31.2. The summed E-state index contributed by atoms with van der Waals surface area (Å²) in [5, 5.41) is 2.06. The van der Waals surface area contributed by atoms with Gasteiger partial charge in [0.25, 0.3) is 0 Å². The van der Waals surface area contributed by atoms with E-state index in [1.165, 1.54) is 51.4 Å². The fourth-order valence-electron chi connectivity index (χ4n) is 3.69. The molecule has 0 bridgehead atoms. The second kappa shape index (κ2) is 13.8. The average molecular weight is 437 g/mol. The molecule has 0 aromatic heterocycles. The van der Waals surface area contributed by atoms with E-state index in [0.717, 1.165) is 29.4 Å². The molecule has 1 atom stereocenters. The van der Waals surface area contributed by atoms with E-state index in [2.05, 4.69) is 6.92 Å². The van der Waals surface area contributed by atoms with E-state index in [4.69, 9.17) is 19.0 Å². The minimum absolute atomic E-state index is 0.120. The molecular formula is C24H37O5P. The number of phosphoric ester groups is 1. The Labute approximate surface area is 181 Å². The van der Waals surface area contributed by atoms with Crippen LogP contribution in [0.25, 0.3) is 10.8 Å². The summed E-state index contributed by atoms with van der Waals surface area (Å²) in [6.07, 6.45) is 12.7. The molecule has 30 heavy (non-hydrogen) atoms. The third-order valence-electron chi connectivity index (χ3n) is 5.35. The van der Waals surface area contributed by atoms with Crippen molar-refractivity contribution >= 4 is 18.6 Å². The average Bonchev–Trinajstić information content (AvgIpc) is 2.72. The van der Waals surface area contributed by atoms with Gasteiger partial charge in [-0.2, -0.15) is 0 Å². The predicted octanol–water partition coefficient (Wildman–Crippen LogP) is 7.01. The Morgan fingerprint density at radius 1 is 0.833 bits per heavy atom. The molecule has 6 heteroatoms. The highest BCUT2D eigenvalue weighted by Crippen LogP contribution is 2.36. The molecule has 1 unspecified atom stereocenters. The van der Waals surface area contributed by atoms with Crippen LogP contribution in [0.4, 0.5) is 0 Å². The maximum Gasteiger partial charge on any atom is 0.469 e. The van der Waals surface area contributed by atoms with E-state index in [1.807, 2.05) is 42.5 Å². The summed E-state index contributed by atoms with van der Waals surface area (Å²) >= 11 is 0. The largest absolute Gasteiger partial charge is 0.487 e. The molecule has 168 valence electrons. The van der Waals surface area contributed by atoms with Crippen LogP contribution in [0.15, 0.2) is 42.5 Å². The number of unbranched alkanes of at least 4 members (excludes halogenated alkanes) is 9. The van der Waals surface area contributed by atoms with E-state index in [-0.39, 0.29) is 6.61 Å². The van der Waals surface area contributed by atoms with Gasteiger partial charge in [-0.05, 0) is 24.3 Å². The van der Waals surface area contributed by atoms with Crippen molar-refractivity contribution < 1.29 is 23.6 Å². The number of rotatable bonds is 16. The van der Waals surface area contributed by atoms with Gasteiger partial charge in [-0.3, -0.25) is 4.52 Å². The van der Waals surface area contributed by atoms with Gasteiger partial charge < -0.3 is 14.5 Å². The van der Waals surface area contributed by atoms with Crippen molar-refractivity contribution in [2.24, 2.45) is 0 Å². The Balaban J connectivity index is 1.79. The standard InChI is InChI=1S/C24H37O5P/c1-2-3-4-5-6-7-8-9-10-11-17-22(20-28-30(25,26)27)29-24-19-14-16-21-15-12-13-18-23(21)24/h12-16,18-19,22H,2-11,17,20H2,1H3,(H2,25,26,27). The molecule has 0 aliphatic carbocycles. The highest BCUT2D eigenvalue weighted by Gasteiger charge is 2.20. The van der Waals surface area contributed by atoms with E-state index in [9.17, 15) is 4.57 Å². The third-order valence-corrected chi connectivity index (χ3v) is 5.84. The van der Waals surface area contributed by atoms with Gasteiger partial charge >= 0.3 is 7.82 Å². The molecular weight excluding hydrogens is 399 g/mol. The number of ether oxygens (including phenoxy) is 1. The monoisotopic (exact) mass is 436 g/mol. The van der Waals surface area contributed by atoms with Gasteiger partial charge in [0, 0.05) is 5.39 Å². The van der Waals surface area contributed by atoms with Crippen LogP contribution in [-0.4, -0.2) is 22.5 Å². The van der Waals surface area contributed by atoms with Crippen LogP contribution in [0, 0.1) is 0 Å². The quantitative estimate of drug-likeness (QED) is 0.219. The van der Waals surface area contributed by atoms with Crippen LogP contribution >= 0.6 is 7.82 Å². The van der Waals surface area contributed by atoms with Crippen molar-refractivity contribution in [3.63, 3.8) is 0 Å². The fraction of sp³-hybridized carbons (Fsp3) is 0.583. The minimum atomic E-state index is -4.52. The first-order chi connectivity index (χ1) is 14.5. The smallest absolute Gasteiger partial charge is 0.469 e. The second-order valence-electron chi connectivity index (χ2n) is 7.97. The van der Waals surface area contributed by atoms with E-state index >= 15 is 0 Å². The van der Waals surface area contributed by atoms with Gasteiger partial charge in [-0.1, -0.05) is 101 Å².